The first-order valence-corrected chi connectivity index (χ1v) is 12.0. The number of carboxylic acid groups (broad SMARTS) is 2. The van der Waals surface area contributed by atoms with E-state index in [4.69, 9.17) is 9.90 Å². The van der Waals surface area contributed by atoms with E-state index in [1.807, 2.05) is 4.90 Å². The largest absolute Gasteiger partial charge is 0.490 e. The number of alkyl halides is 3. The van der Waals surface area contributed by atoms with Gasteiger partial charge in [-0.1, -0.05) is 45.9 Å². The number of carbonyl (C=O) groups is 2. The second-order valence-corrected chi connectivity index (χ2v) is 10.1. The Kier molecular flexibility index (Phi) is 10.6. The molecule has 194 valence electrons. The second-order valence-electron chi connectivity index (χ2n) is 8.45. The van der Waals surface area contributed by atoms with E-state index in [2.05, 4.69) is 32.4 Å². The molecule has 0 unspecified atom stereocenters. The summed E-state index contributed by atoms with van der Waals surface area (Å²) in [7, 11) is -3.78. The SMILES string of the molecule is CC(C)CN(CC(C)C)c1ccc(NS(=O)(=O)c2ccccc2)cc1C(=O)O.O=C(O)C(F)(F)F. The van der Waals surface area contributed by atoms with Crippen LogP contribution in [0.15, 0.2) is 53.4 Å². The molecule has 0 aromatic heterocycles. The number of benzene rings is 2. The number of rotatable bonds is 9. The first-order valence-electron chi connectivity index (χ1n) is 10.5. The van der Waals surface area contributed by atoms with Gasteiger partial charge in [0.25, 0.3) is 10.0 Å². The summed E-state index contributed by atoms with van der Waals surface area (Å²) in [5, 5.41) is 16.8. The van der Waals surface area contributed by atoms with E-state index in [0.29, 0.717) is 30.6 Å². The molecule has 0 bridgehead atoms. The molecule has 2 aromatic carbocycles. The summed E-state index contributed by atoms with van der Waals surface area (Å²) in [5.41, 5.74) is 0.895. The number of aromatic carboxylic acids is 1. The van der Waals surface area contributed by atoms with Crippen molar-refractivity contribution < 1.29 is 41.4 Å². The van der Waals surface area contributed by atoms with Gasteiger partial charge in [0.15, 0.2) is 0 Å². The van der Waals surface area contributed by atoms with Gasteiger partial charge < -0.3 is 15.1 Å². The van der Waals surface area contributed by atoms with Gasteiger partial charge in [0, 0.05) is 18.8 Å². The summed E-state index contributed by atoms with van der Waals surface area (Å²) >= 11 is 0. The van der Waals surface area contributed by atoms with Gasteiger partial charge in [-0.05, 0) is 42.2 Å². The summed E-state index contributed by atoms with van der Waals surface area (Å²) in [6.45, 7) is 9.75. The minimum atomic E-state index is -5.08. The molecule has 2 aromatic rings. The van der Waals surface area contributed by atoms with Crippen molar-refractivity contribution in [2.24, 2.45) is 11.8 Å². The summed E-state index contributed by atoms with van der Waals surface area (Å²) in [4.78, 5) is 22.9. The molecule has 35 heavy (non-hydrogen) atoms. The van der Waals surface area contributed by atoms with Crippen molar-refractivity contribution in [2.75, 3.05) is 22.7 Å². The molecule has 8 nitrogen and oxygen atoms in total. The lowest BCUT2D eigenvalue weighted by atomic mass is 10.1. The Morgan fingerprint density at radius 3 is 1.83 bits per heavy atom. The Morgan fingerprint density at radius 1 is 0.943 bits per heavy atom. The van der Waals surface area contributed by atoms with Crippen LogP contribution in [0, 0.1) is 11.8 Å². The third-order valence-corrected chi connectivity index (χ3v) is 5.68. The van der Waals surface area contributed by atoms with Crippen LogP contribution < -0.4 is 9.62 Å². The van der Waals surface area contributed by atoms with E-state index in [1.165, 1.54) is 18.2 Å². The Labute approximate surface area is 202 Å². The van der Waals surface area contributed by atoms with Gasteiger partial charge in [0.2, 0.25) is 0 Å². The lowest BCUT2D eigenvalue weighted by Gasteiger charge is -2.30. The molecular weight excluding hydrogens is 489 g/mol. The molecule has 0 saturated carbocycles. The Bertz CT molecular complexity index is 1090. The van der Waals surface area contributed by atoms with Gasteiger partial charge in [-0.25, -0.2) is 18.0 Å². The van der Waals surface area contributed by atoms with Crippen molar-refractivity contribution in [3.05, 3.63) is 54.1 Å². The van der Waals surface area contributed by atoms with Crippen LogP contribution in [-0.2, 0) is 14.8 Å². The fourth-order valence-corrected chi connectivity index (χ4v) is 4.08. The van der Waals surface area contributed by atoms with Crippen LogP contribution in [0.4, 0.5) is 24.5 Å². The summed E-state index contributed by atoms with van der Waals surface area (Å²) in [6.07, 6.45) is -5.08. The van der Waals surface area contributed by atoms with E-state index in [1.54, 1.807) is 30.3 Å². The molecule has 2 rings (SSSR count). The highest BCUT2D eigenvalue weighted by molar-refractivity contribution is 7.92. The highest BCUT2D eigenvalue weighted by Gasteiger charge is 2.38. The number of sulfonamides is 1. The summed E-state index contributed by atoms with van der Waals surface area (Å²) < 4.78 is 59.3. The first-order chi connectivity index (χ1) is 16.0. The van der Waals surface area contributed by atoms with Gasteiger partial charge in [0.05, 0.1) is 16.1 Å². The third-order valence-electron chi connectivity index (χ3n) is 4.29. The normalized spacial score (nSPS) is 11.6. The van der Waals surface area contributed by atoms with E-state index in [9.17, 15) is 31.5 Å². The number of aliphatic carboxylic acids is 1. The minimum absolute atomic E-state index is 0.0783. The maximum Gasteiger partial charge on any atom is 0.490 e. The van der Waals surface area contributed by atoms with Crippen molar-refractivity contribution >= 4 is 33.3 Å². The predicted molar refractivity (Wildman–Crippen MR) is 126 cm³/mol. The van der Waals surface area contributed by atoms with Crippen LogP contribution in [-0.4, -0.2) is 49.8 Å². The van der Waals surface area contributed by atoms with E-state index in [0.717, 1.165) is 0 Å². The smallest absolute Gasteiger partial charge is 0.478 e. The van der Waals surface area contributed by atoms with E-state index >= 15 is 0 Å². The molecule has 0 atom stereocenters. The number of halogens is 3. The Morgan fingerprint density at radius 2 is 1.43 bits per heavy atom. The standard InChI is InChI=1S/C21H28N2O4S.C2HF3O2/c1-15(2)13-23(14-16(3)4)20-11-10-17(12-19(20)21(24)25)22-28(26,27)18-8-6-5-7-9-18;3-2(4,5)1(6)7/h5-12,15-16,22H,13-14H2,1-4H3,(H,24,25);(H,6,7). The number of nitrogens with one attached hydrogen (secondary N) is 1. The highest BCUT2D eigenvalue weighted by Crippen LogP contribution is 2.27. The zero-order valence-electron chi connectivity index (χ0n) is 19.7. The van der Waals surface area contributed by atoms with Crippen molar-refractivity contribution in [3.63, 3.8) is 0 Å². The maximum atomic E-state index is 12.5. The number of carboxylic acids is 2. The molecule has 0 spiro atoms. The molecule has 12 heteroatoms. The Balaban J connectivity index is 0.000000762. The van der Waals surface area contributed by atoms with Crippen molar-refractivity contribution in [3.8, 4) is 0 Å². The molecule has 0 fully saturated rings. The molecule has 0 aliphatic carbocycles. The average molecular weight is 519 g/mol. The van der Waals surface area contributed by atoms with Crippen LogP contribution in [0.3, 0.4) is 0 Å². The summed E-state index contributed by atoms with van der Waals surface area (Å²) in [6, 6.07) is 12.6. The van der Waals surface area contributed by atoms with Crippen molar-refractivity contribution in [1.82, 2.24) is 0 Å². The van der Waals surface area contributed by atoms with Crippen LogP contribution in [0.25, 0.3) is 0 Å². The van der Waals surface area contributed by atoms with Gasteiger partial charge >= 0.3 is 18.1 Å². The molecule has 0 amide bonds. The van der Waals surface area contributed by atoms with Gasteiger partial charge in [-0.2, -0.15) is 13.2 Å². The molecule has 0 aliphatic rings. The lowest BCUT2D eigenvalue weighted by molar-refractivity contribution is -0.192. The van der Waals surface area contributed by atoms with Gasteiger partial charge in [0.1, 0.15) is 0 Å². The minimum Gasteiger partial charge on any atom is -0.478 e. The molecule has 3 N–H and O–H groups in total. The fraction of sp³-hybridized carbons (Fsp3) is 0.391. The highest BCUT2D eigenvalue weighted by atomic mass is 32.2. The molecule has 0 radical (unpaired) electrons. The molecule has 0 aliphatic heterocycles. The van der Waals surface area contributed by atoms with Gasteiger partial charge in [-0.15, -0.1) is 0 Å². The van der Waals surface area contributed by atoms with Gasteiger partial charge in [-0.3, -0.25) is 4.72 Å². The monoisotopic (exact) mass is 518 g/mol. The molecule has 0 saturated heterocycles. The zero-order chi connectivity index (χ0) is 27.0. The number of hydrogen-bond acceptors (Lipinski definition) is 5. The molecular formula is C23H29F3N2O6S. The van der Waals surface area contributed by atoms with Crippen molar-refractivity contribution in [1.29, 1.82) is 0 Å². The van der Waals surface area contributed by atoms with E-state index in [-0.39, 0.29) is 16.1 Å². The second kappa shape index (κ2) is 12.4. The van der Waals surface area contributed by atoms with Crippen LogP contribution >= 0.6 is 0 Å². The molecule has 0 heterocycles. The topological polar surface area (TPSA) is 124 Å². The lowest BCUT2D eigenvalue weighted by Crippen LogP contribution is -2.32. The zero-order valence-corrected chi connectivity index (χ0v) is 20.5. The van der Waals surface area contributed by atoms with Crippen molar-refractivity contribution in [2.45, 2.75) is 38.8 Å². The van der Waals surface area contributed by atoms with E-state index < -0.39 is 28.1 Å². The third kappa shape index (κ3) is 9.85. The fourth-order valence-electron chi connectivity index (χ4n) is 3.01. The number of nitrogens with zero attached hydrogens (tertiary/aromatic N) is 1. The van der Waals surface area contributed by atoms with Crippen LogP contribution in [0.1, 0.15) is 38.1 Å². The summed E-state index contributed by atoms with van der Waals surface area (Å²) in [5.74, 6) is -3.13. The number of hydrogen-bond donors (Lipinski definition) is 3. The first kappa shape index (κ1) is 29.8. The maximum absolute atomic E-state index is 12.5. The quantitative estimate of drug-likeness (QED) is 0.430. The number of anilines is 2. The Hall–Kier alpha value is -3.28. The van der Waals surface area contributed by atoms with Crippen LogP contribution in [0.2, 0.25) is 0 Å². The predicted octanol–water partition coefficient (Wildman–Crippen LogP) is 4.94. The van der Waals surface area contributed by atoms with Crippen LogP contribution in [0.5, 0.6) is 0 Å². The average Bonchev–Trinajstić information content (AvgIpc) is 2.72.